The Balaban J connectivity index is 2.28. The predicted octanol–water partition coefficient (Wildman–Crippen LogP) is 1.03. The van der Waals surface area contributed by atoms with E-state index in [1.54, 1.807) is 0 Å². The third-order valence-corrected chi connectivity index (χ3v) is 2.49. The van der Waals surface area contributed by atoms with Crippen molar-refractivity contribution in [1.82, 2.24) is 9.97 Å². The van der Waals surface area contributed by atoms with Crippen LogP contribution in [0.2, 0.25) is 0 Å². The number of aliphatic hydroxyl groups is 1. The first kappa shape index (κ1) is 7.80. The van der Waals surface area contributed by atoms with Crippen LogP contribution < -0.4 is 0 Å². The lowest BCUT2D eigenvalue weighted by Crippen LogP contribution is -2.10. The minimum atomic E-state index is 0.0291. The van der Waals surface area contributed by atoms with Gasteiger partial charge in [-0.05, 0) is 25.2 Å². The Labute approximate surface area is 71.8 Å². The second kappa shape index (κ2) is 2.90. The highest BCUT2D eigenvalue weighted by molar-refractivity contribution is 5.18. The number of nitrogens with one attached hydrogen (secondary N) is 1. The van der Waals surface area contributed by atoms with E-state index in [2.05, 4.69) is 16.9 Å². The largest absolute Gasteiger partial charge is 0.388 e. The lowest BCUT2D eigenvalue weighted by Gasteiger charge is -2.15. The number of hydrogen-bond donors (Lipinski definition) is 2. The van der Waals surface area contributed by atoms with Gasteiger partial charge in [0.2, 0.25) is 0 Å². The van der Waals surface area contributed by atoms with Crippen molar-refractivity contribution in [2.75, 3.05) is 0 Å². The van der Waals surface area contributed by atoms with Crippen LogP contribution in [0.5, 0.6) is 0 Å². The number of rotatable bonds is 1. The number of hydrogen-bond acceptors (Lipinski definition) is 2. The van der Waals surface area contributed by atoms with E-state index in [4.69, 9.17) is 5.11 Å². The first-order chi connectivity index (χ1) is 5.79. The molecule has 3 nitrogen and oxygen atoms in total. The fraction of sp³-hybridized carbons (Fsp3) is 0.667. The Hall–Kier alpha value is -0.830. The molecule has 0 saturated heterocycles. The van der Waals surface area contributed by atoms with Crippen LogP contribution in [0.25, 0.3) is 0 Å². The van der Waals surface area contributed by atoms with Crippen LogP contribution in [-0.2, 0) is 19.4 Å². The number of H-pyrrole nitrogens is 1. The summed E-state index contributed by atoms with van der Waals surface area (Å²) in [6.45, 7) is 2.28. The third kappa shape index (κ3) is 1.25. The average Bonchev–Trinajstić information content (AvgIpc) is 2.46. The SMILES string of the molecule is CC1CCc2nc(CO)[nH]c2C1. The van der Waals surface area contributed by atoms with Gasteiger partial charge in [-0.2, -0.15) is 0 Å². The predicted molar refractivity (Wildman–Crippen MR) is 45.7 cm³/mol. The second-order valence-electron chi connectivity index (χ2n) is 3.61. The first-order valence-corrected chi connectivity index (χ1v) is 4.47. The lowest BCUT2D eigenvalue weighted by atomic mass is 9.92. The van der Waals surface area contributed by atoms with Crippen molar-refractivity contribution in [3.05, 3.63) is 17.2 Å². The minimum Gasteiger partial charge on any atom is -0.388 e. The van der Waals surface area contributed by atoms with Gasteiger partial charge in [0.15, 0.2) is 0 Å². The molecule has 1 atom stereocenters. The molecule has 0 amide bonds. The number of aromatic nitrogens is 2. The van der Waals surface area contributed by atoms with Crippen LogP contribution in [0.15, 0.2) is 0 Å². The monoisotopic (exact) mass is 166 g/mol. The topological polar surface area (TPSA) is 48.9 Å². The first-order valence-electron chi connectivity index (χ1n) is 4.47. The highest BCUT2D eigenvalue weighted by Gasteiger charge is 2.18. The maximum absolute atomic E-state index is 8.86. The van der Waals surface area contributed by atoms with Gasteiger partial charge < -0.3 is 10.1 Å². The highest BCUT2D eigenvalue weighted by Crippen LogP contribution is 2.23. The number of fused-ring (bicyclic) bond motifs is 1. The van der Waals surface area contributed by atoms with E-state index in [1.165, 1.54) is 12.1 Å². The van der Waals surface area contributed by atoms with Crippen LogP contribution in [0, 0.1) is 5.92 Å². The molecule has 1 unspecified atom stereocenters. The van der Waals surface area contributed by atoms with Crippen LogP contribution in [0.1, 0.15) is 30.6 Å². The molecule has 0 fully saturated rings. The van der Waals surface area contributed by atoms with Crippen molar-refractivity contribution < 1.29 is 5.11 Å². The Morgan fingerprint density at radius 1 is 1.67 bits per heavy atom. The van der Waals surface area contributed by atoms with Crippen LogP contribution in [0.4, 0.5) is 0 Å². The summed E-state index contributed by atoms with van der Waals surface area (Å²) in [4.78, 5) is 7.45. The molecule has 66 valence electrons. The molecule has 0 aromatic carbocycles. The van der Waals surface area contributed by atoms with Crippen LogP contribution in [-0.4, -0.2) is 15.1 Å². The molecule has 1 aromatic heterocycles. The maximum Gasteiger partial charge on any atom is 0.132 e. The Morgan fingerprint density at radius 2 is 2.50 bits per heavy atom. The molecule has 0 saturated carbocycles. The zero-order valence-corrected chi connectivity index (χ0v) is 7.30. The molecule has 0 radical (unpaired) electrons. The zero-order valence-electron chi connectivity index (χ0n) is 7.30. The average molecular weight is 166 g/mol. The Bertz CT molecular complexity index is 280. The smallest absolute Gasteiger partial charge is 0.132 e. The Morgan fingerprint density at radius 3 is 3.25 bits per heavy atom. The summed E-state index contributed by atoms with van der Waals surface area (Å²) >= 11 is 0. The van der Waals surface area contributed by atoms with Gasteiger partial charge in [0.25, 0.3) is 0 Å². The van der Waals surface area contributed by atoms with Gasteiger partial charge in [-0.25, -0.2) is 4.98 Å². The van der Waals surface area contributed by atoms with Gasteiger partial charge in [-0.1, -0.05) is 6.92 Å². The molecule has 2 N–H and O–H groups in total. The van der Waals surface area contributed by atoms with E-state index < -0.39 is 0 Å². The lowest BCUT2D eigenvalue weighted by molar-refractivity contribution is 0.272. The summed E-state index contributed by atoms with van der Waals surface area (Å²) < 4.78 is 0. The Kier molecular flexibility index (Phi) is 1.89. The molecule has 1 aliphatic carbocycles. The molecule has 0 bridgehead atoms. The van der Waals surface area contributed by atoms with E-state index in [0.29, 0.717) is 5.82 Å². The summed E-state index contributed by atoms with van der Waals surface area (Å²) in [5.74, 6) is 1.47. The number of nitrogens with zero attached hydrogens (tertiary/aromatic N) is 1. The highest BCUT2D eigenvalue weighted by atomic mass is 16.3. The summed E-state index contributed by atoms with van der Waals surface area (Å²) in [5.41, 5.74) is 2.40. The van der Waals surface area contributed by atoms with Crippen molar-refractivity contribution in [3.8, 4) is 0 Å². The molecule has 3 heteroatoms. The quantitative estimate of drug-likeness (QED) is 0.654. The van der Waals surface area contributed by atoms with Gasteiger partial charge in [0.1, 0.15) is 12.4 Å². The van der Waals surface area contributed by atoms with Crippen molar-refractivity contribution in [2.24, 2.45) is 5.92 Å². The minimum absolute atomic E-state index is 0.0291. The van der Waals surface area contributed by atoms with Crippen molar-refractivity contribution in [1.29, 1.82) is 0 Å². The normalized spacial score (nSPS) is 22.3. The fourth-order valence-electron chi connectivity index (χ4n) is 1.79. The standard InChI is InChI=1S/C9H14N2O/c1-6-2-3-7-8(4-6)11-9(5-12)10-7/h6,12H,2-5H2,1H3,(H,10,11). The molecular weight excluding hydrogens is 152 g/mol. The van der Waals surface area contributed by atoms with E-state index in [9.17, 15) is 0 Å². The van der Waals surface area contributed by atoms with Crippen molar-refractivity contribution >= 4 is 0 Å². The van der Waals surface area contributed by atoms with E-state index in [1.807, 2.05) is 0 Å². The van der Waals surface area contributed by atoms with Gasteiger partial charge in [0.05, 0.1) is 5.69 Å². The number of aromatic amines is 1. The summed E-state index contributed by atoms with van der Waals surface area (Å²) in [7, 11) is 0. The molecule has 1 aliphatic rings. The van der Waals surface area contributed by atoms with E-state index in [-0.39, 0.29) is 6.61 Å². The van der Waals surface area contributed by atoms with E-state index >= 15 is 0 Å². The summed E-state index contributed by atoms with van der Waals surface area (Å²) in [6, 6.07) is 0. The van der Waals surface area contributed by atoms with Crippen LogP contribution >= 0.6 is 0 Å². The second-order valence-corrected chi connectivity index (χ2v) is 3.61. The molecular formula is C9H14N2O. The third-order valence-electron chi connectivity index (χ3n) is 2.49. The van der Waals surface area contributed by atoms with Crippen molar-refractivity contribution in [2.45, 2.75) is 32.8 Å². The van der Waals surface area contributed by atoms with Crippen LogP contribution in [0.3, 0.4) is 0 Å². The summed E-state index contributed by atoms with van der Waals surface area (Å²) in [5, 5.41) is 8.86. The van der Waals surface area contributed by atoms with E-state index in [0.717, 1.165) is 24.5 Å². The van der Waals surface area contributed by atoms with Gasteiger partial charge in [0, 0.05) is 5.69 Å². The molecule has 12 heavy (non-hydrogen) atoms. The van der Waals surface area contributed by atoms with Gasteiger partial charge in [-0.15, -0.1) is 0 Å². The number of aliphatic hydroxyl groups excluding tert-OH is 1. The molecule has 2 rings (SSSR count). The molecule has 1 aromatic rings. The summed E-state index contributed by atoms with van der Waals surface area (Å²) in [6.07, 6.45) is 3.37. The van der Waals surface area contributed by atoms with Gasteiger partial charge >= 0.3 is 0 Å². The van der Waals surface area contributed by atoms with Crippen molar-refractivity contribution in [3.63, 3.8) is 0 Å². The zero-order chi connectivity index (χ0) is 8.55. The van der Waals surface area contributed by atoms with Gasteiger partial charge in [-0.3, -0.25) is 0 Å². The molecule has 1 heterocycles. The number of imidazole rings is 1. The maximum atomic E-state index is 8.86. The fourth-order valence-corrected chi connectivity index (χ4v) is 1.79. The number of aryl methyl sites for hydroxylation is 1. The molecule has 0 spiro atoms. The molecule has 0 aliphatic heterocycles.